The molecule has 3 heterocycles. The first-order chi connectivity index (χ1) is 15.0. The van der Waals surface area contributed by atoms with Crippen LogP contribution in [0.5, 0.6) is 0 Å². The van der Waals surface area contributed by atoms with Gasteiger partial charge in [0.2, 0.25) is 0 Å². The van der Waals surface area contributed by atoms with Gasteiger partial charge in [-0.3, -0.25) is 18.6 Å². The Labute approximate surface area is 181 Å². The molecule has 1 amide bonds. The van der Waals surface area contributed by atoms with Crippen molar-refractivity contribution >= 4 is 33.2 Å². The first-order valence-corrected chi connectivity index (χ1v) is 10.7. The van der Waals surface area contributed by atoms with Crippen molar-refractivity contribution in [3.63, 3.8) is 0 Å². The quantitative estimate of drug-likeness (QED) is 0.434. The Kier molecular flexibility index (Phi) is 4.63. The molecule has 1 atom stereocenters. The summed E-state index contributed by atoms with van der Waals surface area (Å²) < 4.78 is 3.43. The van der Waals surface area contributed by atoms with E-state index in [9.17, 15) is 9.59 Å². The minimum absolute atomic E-state index is 0.0618. The number of hydrogen-bond acceptors (Lipinski definition) is 5. The van der Waals surface area contributed by atoms with E-state index in [1.54, 1.807) is 29.9 Å². The molecule has 0 aliphatic carbocycles. The van der Waals surface area contributed by atoms with Crippen molar-refractivity contribution < 1.29 is 4.79 Å². The maximum atomic E-state index is 13.0. The highest BCUT2D eigenvalue weighted by Gasteiger charge is 2.22. The summed E-state index contributed by atoms with van der Waals surface area (Å²) in [5.41, 5.74) is 3.64. The Balaban J connectivity index is 1.41. The van der Waals surface area contributed by atoms with Gasteiger partial charge >= 0.3 is 0 Å². The number of nitrogens with zero attached hydrogens (tertiary/aromatic N) is 5. The van der Waals surface area contributed by atoms with Crippen molar-refractivity contribution in [3.05, 3.63) is 94.1 Å². The van der Waals surface area contributed by atoms with Crippen LogP contribution in [0.25, 0.3) is 21.7 Å². The second-order valence-corrected chi connectivity index (χ2v) is 8.19. The Morgan fingerprint density at radius 2 is 1.87 bits per heavy atom. The molecule has 31 heavy (non-hydrogen) atoms. The molecule has 2 aromatic carbocycles. The fraction of sp³-hybridized carbons (Fsp3) is 0.130. The Hall–Kier alpha value is -3.78. The van der Waals surface area contributed by atoms with Gasteiger partial charge in [-0.1, -0.05) is 24.3 Å². The van der Waals surface area contributed by atoms with Gasteiger partial charge in [-0.25, -0.2) is 9.97 Å². The Morgan fingerprint density at radius 3 is 2.68 bits per heavy atom. The fourth-order valence-electron chi connectivity index (χ4n) is 3.64. The second-order valence-electron chi connectivity index (χ2n) is 7.32. The van der Waals surface area contributed by atoms with Gasteiger partial charge in [0, 0.05) is 30.5 Å². The van der Waals surface area contributed by atoms with Crippen LogP contribution < -0.4 is 5.56 Å². The van der Waals surface area contributed by atoms with E-state index in [0.29, 0.717) is 4.96 Å². The molecule has 5 aromatic rings. The third-order valence-corrected chi connectivity index (χ3v) is 6.35. The van der Waals surface area contributed by atoms with Crippen molar-refractivity contribution in [3.8, 4) is 5.69 Å². The minimum Gasteiger partial charge on any atom is -0.335 e. The maximum absolute atomic E-state index is 13.0. The molecule has 8 heteroatoms. The Bertz CT molecular complexity index is 1460. The standard InChI is InChI=1S/C23H19N5O2S/c1-15(26(2)21(29)18-13-24-23-27(22(18)30)11-12-31-23)16-7-9-17(10-8-16)28-14-25-19-5-3-4-6-20(19)28/h3-15H,1-2H3. The normalized spacial score (nSPS) is 12.3. The first-order valence-electron chi connectivity index (χ1n) is 9.79. The number of amides is 1. The topological polar surface area (TPSA) is 72.5 Å². The molecule has 0 aliphatic rings. The summed E-state index contributed by atoms with van der Waals surface area (Å²) in [7, 11) is 1.70. The monoisotopic (exact) mass is 429 g/mol. The predicted octanol–water partition coefficient (Wildman–Crippen LogP) is 3.93. The van der Waals surface area contributed by atoms with Crippen LogP contribution in [0.2, 0.25) is 0 Å². The molecule has 154 valence electrons. The fourth-order valence-corrected chi connectivity index (χ4v) is 4.31. The number of thiazole rings is 1. The van der Waals surface area contributed by atoms with Crippen LogP contribution in [-0.4, -0.2) is 36.8 Å². The van der Waals surface area contributed by atoms with E-state index in [4.69, 9.17) is 0 Å². The largest absolute Gasteiger partial charge is 0.335 e. The summed E-state index contributed by atoms with van der Waals surface area (Å²) >= 11 is 1.35. The lowest BCUT2D eigenvalue weighted by atomic mass is 10.1. The Morgan fingerprint density at radius 1 is 1.10 bits per heavy atom. The van der Waals surface area contributed by atoms with E-state index in [1.165, 1.54) is 21.9 Å². The van der Waals surface area contributed by atoms with Crippen LogP contribution >= 0.6 is 11.3 Å². The third-order valence-electron chi connectivity index (χ3n) is 5.58. The third kappa shape index (κ3) is 3.21. The van der Waals surface area contributed by atoms with Crippen LogP contribution in [0.1, 0.15) is 28.9 Å². The van der Waals surface area contributed by atoms with Crippen molar-refractivity contribution in [2.75, 3.05) is 7.05 Å². The zero-order valence-electron chi connectivity index (χ0n) is 17.0. The number of fused-ring (bicyclic) bond motifs is 2. The van der Waals surface area contributed by atoms with E-state index in [1.807, 2.05) is 60.0 Å². The molecular formula is C23H19N5O2S. The van der Waals surface area contributed by atoms with E-state index < -0.39 is 0 Å². The number of para-hydroxylation sites is 2. The zero-order valence-corrected chi connectivity index (χ0v) is 17.8. The zero-order chi connectivity index (χ0) is 21.5. The summed E-state index contributed by atoms with van der Waals surface area (Å²) in [5.74, 6) is -0.352. The molecule has 0 fully saturated rings. The highest BCUT2D eigenvalue weighted by Crippen LogP contribution is 2.23. The van der Waals surface area contributed by atoms with Crippen molar-refractivity contribution in [2.45, 2.75) is 13.0 Å². The molecule has 0 saturated carbocycles. The van der Waals surface area contributed by atoms with E-state index in [0.717, 1.165) is 22.3 Å². The number of imidazole rings is 1. The van der Waals surface area contributed by atoms with Crippen LogP contribution in [0.4, 0.5) is 0 Å². The van der Waals surface area contributed by atoms with E-state index in [2.05, 4.69) is 9.97 Å². The van der Waals surface area contributed by atoms with Gasteiger partial charge in [0.1, 0.15) is 11.9 Å². The lowest BCUT2D eigenvalue weighted by Crippen LogP contribution is -2.34. The summed E-state index contributed by atoms with van der Waals surface area (Å²) in [6.07, 6.45) is 4.81. The molecule has 0 spiro atoms. The van der Waals surface area contributed by atoms with Crippen LogP contribution in [-0.2, 0) is 0 Å². The minimum atomic E-state index is -0.352. The molecule has 5 rings (SSSR count). The highest BCUT2D eigenvalue weighted by molar-refractivity contribution is 7.15. The number of carbonyl (C=O) groups excluding carboxylic acids is 1. The van der Waals surface area contributed by atoms with Crippen molar-refractivity contribution in [2.24, 2.45) is 0 Å². The summed E-state index contributed by atoms with van der Waals surface area (Å²) in [6.45, 7) is 1.94. The van der Waals surface area contributed by atoms with Crippen LogP contribution in [0, 0.1) is 0 Å². The molecule has 0 radical (unpaired) electrons. The first kappa shape index (κ1) is 19.2. The summed E-state index contributed by atoms with van der Waals surface area (Å²) in [5, 5.41) is 1.77. The van der Waals surface area contributed by atoms with Crippen LogP contribution in [0.15, 0.2) is 77.4 Å². The molecule has 3 aromatic heterocycles. The molecule has 0 bridgehead atoms. The van der Waals surface area contributed by atoms with Crippen molar-refractivity contribution in [1.82, 2.24) is 23.8 Å². The molecular weight excluding hydrogens is 410 g/mol. The number of aromatic nitrogens is 4. The van der Waals surface area contributed by atoms with Gasteiger partial charge in [-0.2, -0.15) is 0 Å². The smallest absolute Gasteiger partial charge is 0.271 e. The van der Waals surface area contributed by atoms with Gasteiger partial charge in [-0.05, 0) is 36.8 Å². The van der Waals surface area contributed by atoms with Gasteiger partial charge < -0.3 is 4.90 Å². The van der Waals surface area contributed by atoms with Gasteiger partial charge in [0.25, 0.3) is 11.5 Å². The van der Waals surface area contributed by atoms with Crippen LogP contribution in [0.3, 0.4) is 0 Å². The lowest BCUT2D eigenvalue weighted by molar-refractivity contribution is 0.0740. The summed E-state index contributed by atoms with van der Waals surface area (Å²) in [6, 6.07) is 15.7. The number of carbonyl (C=O) groups is 1. The highest BCUT2D eigenvalue weighted by atomic mass is 32.1. The number of hydrogen-bond donors (Lipinski definition) is 0. The predicted molar refractivity (Wildman–Crippen MR) is 121 cm³/mol. The number of rotatable bonds is 4. The van der Waals surface area contributed by atoms with E-state index in [-0.39, 0.29) is 23.1 Å². The average molecular weight is 430 g/mol. The SMILES string of the molecule is CC(c1ccc(-n2cnc3ccccc32)cc1)N(C)C(=O)c1cnc2sccn2c1=O. The lowest BCUT2D eigenvalue weighted by Gasteiger charge is -2.25. The maximum Gasteiger partial charge on any atom is 0.271 e. The van der Waals surface area contributed by atoms with Crippen molar-refractivity contribution in [1.29, 1.82) is 0 Å². The molecule has 0 aliphatic heterocycles. The summed E-state index contributed by atoms with van der Waals surface area (Å²) in [4.78, 5) is 36.5. The molecule has 0 saturated heterocycles. The second kappa shape index (κ2) is 7.48. The van der Waals surface area contributed by atoms with Gasteiger partial charge in [-0.15, -0.1) is 11.3 Å². The van der Waals surface area contributed by atoms with Gasteiger partial charge in [0.15, 0.2) is 4.96 Å². The van der Waals surface area contributed by atoms with Gasteiger partial charge in [0.05, 0.1) is 17.1 Å². The average Bonchev–Trinajstić information content (AvgIpc) is 3.46. The molecule has 0 N–H and O–H groups in total. The molecule has 1 unspecified atom stereocenters. The number of benzene rings is 2. The molecule has 7 nitrogen and oxygen atoms in total. The van der Waals surface area contributed by atoms with E-state index >= 15 is 0 Å².